The van der Waals surface area contributed by atoms with Crippen LogP contribution in [-0.2, 0) is 0 Å². The van der Waals surface area contributed by atoms with Crippen LogP contribution in [0.1, 0.15) is 43.5 Å². The lowest BCUT2D eigenvalue weighted by Crippen LogP contribution is -2.33. The van der Waals surface area contributed by atoms with Gasteiger partial charge < -0.3 is 10.2 Å². The van der Waals surface area contributed by atoms with Crippen molar-refractivity contribution in [3.63, 3.8) is 0 Å². The molecule has 6 nitrogen and oxygen atoms in total. The van der Waals surface area contributed by atoms with Gasteiger partial charge in [0, 0.05) is 25.2 Å². The number of anilines is 1. The van der Waals surface area contributed by atoms with Crippen molar-refractivity contribution in [2.24, 2.45) is 0 Å². The van der Waals surface area contributed by atoms with E-state index in [-0.39, 0.29) is 11.6 Å². The van der Waals surface area contributed by atoms with Gasteiger partial charge in [-0.3, -0.25) is 14.9 Å². The maximum absolute atomic E-state index is 12.7. The molecule has 1 amide bonds. The van der Waals surface area contributed by atoms with Crippen LogP contribution < -0.4 is 5.32 Å². The molecule has 1 aromatic rings. The average Bonchev–Trinajstić information content (AvgIpc) is 3.30. The third-order valence-corrected chi connectivity index (χ3v) is 3.61. The van der Waals surface area contributed by atoms with Crippen LogP contribution in [0.4, 0.5) is 11.4 Å². The summed E-state index contributed by atoms with van der Waals surface area (Å²) >= 11 is 0. The molecule has 1 aromatic carbocycles. The molecule has 6 heteroatoms. The Hall–Kier alpha value is -2.11. The number of nitro groups is 1. The van der Waals surface area contributed by atoms with E-state index >= 15 is 0 Å². The second kappa shape index (κ2) is 6.56. The van der Waals surface area contributed by atoms with E-state index in [9.17, 15) is 14.9 Å². The number of benzene rings is 1. The molecule has 1 aliphatic rings. The van der Waals surface area contributed by atoms with E-state index in [0.29, 0.717) is 30.4 Å². The summed E-state index contributed by atoms with van der Waals surface area (Å²) in [6, 6.07) is 4.96. The summed E-state index contributed by atoms with van der Waals surface area (Å²) in [6.45, 7) is 5.14. The Labute approximate surface area is 124 Å². The number of nitro benzene ring substituents is 1. The highest BCUT2D eigenvalue weighted by Gasteiger charge is 2.33. The van der Waals surface area contributed by atoms with Gasteiger partial charge in [-0.05, 0) is 32.3 Å². The SMILES string of the molecule is CCCNc1c(C(=O)N(CC)C2CC2)cccc1[N+](=O)[O-]. The van der Waals surface area contributed by atoms with E-state index in [1.807, 2.05) is 13.8 Å². The van der Waals surface area contributed by atoms with Gasteiger partial charge in [0.05, 0.1) is 10.5 Å². The van der Waals surface area contributed by atoms with Crippen LogP contribution >= 0.6 is 0 Å². The molecule has 0 bridgehead atoms. The third kappa shape index (κ3) is 3.32. The Morgan fingerprint density at radius 3 is 2.67 bits per heavy atom. The maximum Gasteiger partial charge on any atom is 0.293 e. The molecule has 114 valence electrons. The number of nitrogens with zero attached hydrogens (tertiary/aromatic N) is 2. The van der Waals surface area contributed by atoms with E-state index in [4.69, 9.17) is 0 Å². The number of carbonyl (C=O) groups is 1. The minimum absolute atomic E-state index is 0.0406. The van der Waals surface area contributed by atoms with Gasteiger partial charge >= 0.3 is 0 Å². The summed E-state index contributed by atoms with van der Waals surface area (Å²) in [4.78, 5) is 25.2. The summed E-state index contributed by atoms with van der Waals surface area (Å²) in [7, 11) is 0. The third-order valence-electron chi connectivity index (χ3n) is 3.61. The monoisotopic (exact) mass is 291 g/mol. The summed E-state index contributed by atoms with van der Waals surface area (Å²) in [5.41, 5.74) is 0.695. The topological polar surface area (TPSA) is 75.5 Å². The lowest BCUT2D eigenvalue weighted by molar-refractivity contribution is -0.384. The molecular formula is C15H21N3O3. The van der Waals surface area contributed by atoms with Crippen LogP contribution in [0.5, 0.6) is 0 Å². The Kier molecular flexibility index (Phi) is 4.77. The summed E-state index contributed by atoms with van der Waals surface area (Å²) in [6.07, 6.45) is 2.87. The lowest BCUT2D eigenvalue weighted by Gasteiger charge is -2.22. The second-order valence-corrected chi connectivity index (χ2v) is 5.21. The molecule has 0 heterocycles. The molecule has 2 rings (SSSR count). The number of hydrogen-bond donors (Lipinski definition) is 1. The van der Waals surface area contributed by atoms with Crippen LogP contribution in [-0.4, -0.2) is 34.9 Å². The molecule has 0 saturated heterocycles. The maximum atomic E-state index is 12.7. The molecule has 1 fully saturated rings. The fraction of sp³-hybridized carbons (Fsp3) is 0.533. The van der Waals surface area contributed by atoms with E-state index in [1.165, 1.54) is 6.07 Å². The number of rotatable bonds is 7. The second-order valence-electron chi connectivity index (χ2n) is 5.21. The average molecular weight is 291 g/mol. The van der Waals surface area contributed by atoms with E-state index in [2.05, 4.69) is 5.32 Å². The molecular weight excluding hydrogens is 270 g/mol. The van der Waals surface area contributed by atoms with Crippen molar-refractivity contribution in [1.29, 1.82) is 0 Å². The Balaban J connectivity index is 2.38. The standard InChI is InChI=1S/C15H21N3O3/c1-3-10-16-14-12(6-5-7-13(14)18(20)21)15(19)17(4-2)11-8-9-11/h5-7,11,16H,3-4,8-10H2,1-2H3. The van der Waals surface area contributed by atoms with Gasteiger partial charge in [-0.25, -0.2) is 0 Å². The largest absolute Gasteiger partial charge is 0.379 e. The van der Waals surface area contributed by atoms with Crippen molar-refractivity contribution < 1.29 is 9.72 Å². The van der Waals surface area contributed by atoms with Gasteiger partial charge in [-0.15, -0.1) is 0 Å². The number of hydrogen-bond acceptors (Lipinski definition) is 4. The first-order valence-electron chi connectivity index (χ1n) is 7.42. The highest BCUT2D eigenvalue weighted by Crippen LogP contribution is 2.33. The number of carbonyl (C=O) groups excluding carboxylic acids is 1. The first-order chi connectivity index (χ1) is 10.1. The van der Waals surface area contributed by atoms with Gasteiger partial charge in [-0.2, -0.15) is 0 Å². The van der Waals surface area contributed by atoms with Crippen LogP contribution in [0.25, 0.3) is 0 Å². The van der Waals surface area contributed by atoms with Gasteiger partial charge in [0.2, 0.25) is 0 Å². The quantitative estimate of drug-likeness (QED) is 0.619. The van der Waals surface area contributed by atoms with Gasteiger partial charge in [0.1, 0.15) is 5.69 Å². The fourth-order valence-corrected chi connectivity index (χ4v) is 2.41. The zero-order valence-electron chi connectivity index (χ0n) is 12.5. The molecule has 0 aromatic heterocycles. The Morgan fingerprint density at radius 2 is 2.14 bits per heavy atom. The van der Waals surface area contributed by atoms with E-state index < -0.39 is 4.92 Å². The molecule has 21 heavy (non-hydrogen) atoms. The molecule has 0 atom stereocenters. The van der Waals surface area contributed by atoms with Crippen LogP contribution in [0, 0.1) is 10.1 Å². The normalized spacial score (nSPS) is 13.8. The Bertz CT molecular complexity index is 541. The van der Waals surface area contributed by atoms with Gasteiger partial charge in [0.25, 0.3) is 11.6 Å². The molecule has 1 saturated carbocycles. The van der Waals surface area contributed by atoms with Crippen molar-refractivity contribution in [3.05, 3.63) is 33.9 Å². The van der Waals surface area contributed by atoms with Crippen molar-refractivity contribution >= 4 is 17.3 Å². The highest BCUT2D eigenvalue weighted by atomic mass is 16.6. The predicted molar refractivity (Wildman–Crippen MR) is 81.6 cm³/mol. The zero-order valence-corrected chi connectivity index (χ0v) is 12.5. The smallest absolute Gasteiger partial charge is 0.293 e. The molecule has 1 aliphatic carbocycles. The molecule has 0 spiro atoms. The zero-order chi connectivity index (χ0) is 15.4. The minimum atomic E-state index is -0.442. The Morgan fingerprint density at radius 1 is 1.43 bits per heavy atom. The number of amides is 1. The summed E-state index contributed by atoms with van der Waals surface area (Å²) < 4.78 is 0. The first-order valence-corrected chi connectivity index (χ1v) is 7.42. The summed E-state index contributed by atoms with van der Waals surface area (Å²) in [5.74, 6) is -0.123. The van der Waals surface area contributed by atoms with Crippen LogP contribution in [0.15, 0.2) is 18.2 Å². The lowest BCUT2D eigenvalue weighted by atomic mass is 10.1. The fourth-order valence-electron chi connectivity index (χ4n) is 2.41. The van der Waals surface area contributed by atoms with Gasteiger partial charge in [-0.1, -0.05) is 13.0 Å². The number of para-hydroxylation sites is 1. The van der Waals surface area contributed by atoms with Crippen molar-refractivity contribution in [1.82, 2.24) is 4.90 Å². The van der Waals surface area contributed by atoms with E-state index in [1.54, 1.807) is 17.0 Å². The van der Waals surface area contributed by atoms with Crippen molar-refractivity contribution in [3.8, 4) is 0 Å². The molecule has 0 unspecified atom stereocenters. The molecule has 0 radical (unpaired) electrons. The molecule has 1 N–H and O–H groups in total. The van der Waals surface area contributed by atoms with Crippen LogP contribution in [0.2, 0.25) is 0 Å². The summed E-state index contributed by atoms with van der Waals surface area (Å²) in [5, 5.41) is 14.2. The van der Waals surface area contributed by atoms with E-state index in [0.717, 1.165) is 19.3 Å². The van der Waals surface area contributed by atoms with Gasteiger partial charge in [0.15, 0.2) is 0 Å². The first kappa shape index (κ1) is 15.3. The van der Waals surface area contributed by atoms with Crippen LogP contribution in [0.3, 0.4) is 0 Å². The highest BCUT2D eigenvalue weighted by molar-refractivity contribution is 6.02. The predicted octanol–water partition coefficient (Wildman–Crippen LogP) is 3.04. The molecule has 0 aliphatic heterocycles. The van der Waals surface area contributed by atoms with Crippen molar-refractivity contribution in [2.45, 2.75) is 39.2 Å². The van der Waals surface area contributed by atoms with Crippen molar-refractivity contribution in [2.75, 3.05) is 18.4 Å². The minimum Gasteiger partial charge on any atom is -0.379 e. The number of nitrogens with one attached hydrogen (secondary N) is 1.